The number of hydrogen-bond acceptors (Lipinski definition) is 3. The Balaban J connectivity index is 2.27. The van der Waals surface area contributed by atoms with Gasteiger partial charge in [-0.15, -0.1) is 11.3 Å². The molecule has 0 atom stereocenters. The van der Waals surface area contributed by atoms with Gasteiger partial charge >= 0.3 is 0 Å². The predicted octanol–water partition coefficient (Wildman–Crippen LogP) is 4.14. The van der Waals surface area contributed by atoms with E-state index in [-0.39, 0.29) is 5.78 Å². The molecule has 88 valence electrons. The van der Waals surface area contributed by atoms with E-state index in [1.54, 1.807) is 12.1 Å². The zero-order valence-electron chi connectivity index (χ0n) is 9.27. The van der Waals surface area contributed by atoms with Gasteiger partial charge in [0.05, 0.1) is 15.3 Å². The number of carbonyl (C=O) groups excluding carboxylic acids is 1. The van der Waals surface area contributed by atoms with Gasteiger partial charge in [-0.2, -0.15) is 0 Å². The van der Waals surface area contributed by atoms with E-state index in [0.29, 0.717) is 12.2 Å². The smallest absolute Gasteiger partial charge is 0.203 e. The SMILES string of the molecule is CCOc1cccc(C(=O)c2ccc(Br)s2)c1. The predicted molar refractivity (Wildman–Crippen MR) is 73.1 cm³/mol. The van der Waals surface area contributed by atoms with Crippen molar-refractivity contribution >= 4 is 33.0 Å². The van der Waals surface area contributed by atoms with Crippen LogP contribution in [0.4, 0.5) is 0 Å². The summed E-state index contributed by atoms with van der Waals surface area (Å²) in [4.78, 5) is 12.9. The third kappa shape index (κ3) is 2.96. The van der Waals surface area contributed by atoms with Crippen LogP contribution in [0.25, 0.3) is 0 Å². The van der Waals surface area contributed by atoms with Gasteiger partial charge in [-0.3, -0.25) is 4.79 Å². The summed E-state index contributed by atoms with van der Waals surface area (Å²) < 4.78 is 6.34. The monoisotopic (exact) mass is 310 g/mol. The first kappa shape index (κ1) is 12.3. The number of carbonyl (C=O) groups is 1. The van der Waals surface area contributed by atoms with E-state index in [1.165, 1.54) is 11.3 Å². The van der Waals surface area contributed by atoms with Crippen LogP contribution in [0.2, 0.25) is 0 Å². The molecule has 1 aromatic heterocycles. The van der Waals surface area contributed by atoms with Crippen LogP contribution >= 0.6 is 27.3 Å². The molecule has 0 radical (unpaired) electrons. The second kappa shape index (κ2) is 5.47. The van der Waals surface area contributed by atoms with Crippen molar-refractivity contribution in [3.05, 3.63) is 50.6 Å². The van der Waals surface area contributed by atoms with Gasteiger partial charge in [-0.05, 0) is 47.1 Å². The van der Waals surface area contributed by atoms with Crippen LogP contribution < -0.4 is 4.74 Å². The Morgan fingerprint density at radius 3 is 2.82 bits per heavy atom. The molecule has 2 rings (SSSR count). The van der Waals surface area contributed by atoms with Gasteiger partial charge in [0.2, 0.25) is 5.78 Å². The number of ether oxygens (including phenoxy) is 1. The fourth-order valence-corrected chi connectivity index (χ4v) is 2.82. The molecule has 0 amide bonds. The minimum Gasteiger partial charge on any atom is -0.494 e. The van der Waals surface area contributed by atoms with E-state index in [0.717, 1.165) is 14.4 Å². The highest BCUT2D eigenvalue weighted by Gasteiger charge is 2.11. The molecule has 2 nitrogen and oxygen atoms in total. The van der Waals surface area contributed by atoms with Crippen LogP contribution in [0.1, 0.15) is 22.2 Å². The van der Waals surface area contributed by atoms with Gasteiger partial charge < -0.3 is 4.74 Å². The second-order valence-corrected chi connectivity index (χ2v) is 5.86. The molecule has 17 heavy (non-hydrogen) atoms. The molecule has 0 aliphatic rings. The summed E-state index contributed by atoms with van der Waals surface area (Å²) in [5, 5.41) is 0. The van der Waals surface area contributed by atoms with Crippen molar-refractivity contribution in [1.29, 1.82) is 0 Å². The van der Waals surface area contributed by atoms with Crippen molar-refractivity contribution in [3.63, 3.8) is 0 Å². The summed E-state index contributed by atoms with van der Waals surface area (Å²) in [7, 11) is 0. The maximum Gasteiger partial charge on any atom is 0.203 e. The summed E-state index contributed by atoms with van der Waals surface area (Å²) in [5.41, 5.74) is 0.658. The molecule has 0 aliphatic carbocycles. The van der Waals surface area contributed by atoms with Crippen LogP contribution in [0.5, 0.6) is 5.75 Å². The first-order chi connectivity index (χ1) is 8.20. The molecule has 2 aromatic rings. The molecular weight excluding hydrogens is 300 g/mol. The fraction of sp³-hybridized carbons (Fsp3) is 0.154. The molecule has 0 saturated carbocycles. The molecule has 0 unspecified atom stereocenters. The zero-order valence-corrected chi connectivity index (χ0v) is 11.7. The maximum atomic E-state index is 12.2. The van der Waals surface area contributed by atoms with Crippen molar-refractivity contribution in [1.82, 2.24) is 0 Å². The zero-order chi connectivity index (χ0) is 12.3. The quantitative estimate of drug-likeness (QED) is 0.793. The summed E-state index contributed by atoms with van der Waals surface area (Å²) in [6.45, 7) is 2.52. The maximum absolute atomic E-state index is 12.2. The number of halogens is 1. The lowest BCUT2D eigenvalue weighted by molar-refractivity contribution is 0.104. The van der Waals surface area contributed by atoms with Crippen molar-refractivity contribution in [2.24, 2.45) is 0 Å². The van der Waals surface area contributed by atoms with Gasteiger partial charge in [0.15, 0.2) is 0 Å². The van der Waals surface area contributed by atoms with E-state index in [2.05, 4.69) is 15.9 Å². The van der Waals surface area contributed by atoms with E-state index < -0.39 is 0 Å². The first-order valence-corrected chi connectivity index (χ1v) is 6.84. The van der Waals surface area contributed by atoms with Gasteiger partial charge in [0.1, 0.15) is 5.75 Å². The number of rotatable bonds is 4. The molecule has 0 fully saturated rings. The van der Waals surface area contributed by atoms with Crippen LogP contribution in [-0.2, 0) is 0 Å². The minimum atomic E-state index is 0.0299. The molecule has 1 heterocycles. The van der Waals surface area contributed by atoms with Crippen molar-refractivity contribution in [2.45, 2.75) is 6.92 Å². The average Bonchev–Trinajstić information content (AvgIpc) is 2.76. The fourth-order valence-electron chi connectivity index (χ4n) is 1.47. The van der Waals surface area contributed by atoms with Crippen molar-refractivity contribution < 1.29 is 9.53 Å². The summed E-state index contributed by atoms with van der Waals surface area (Å²) in [6.07, 6.45) is 0. The molecule has 0 aliphatic heterocycles. The molecule has 4 heteroatoms. The Bertz CT molecular complexity index is 534. The molecule has 0 bridgehead atoms. The Morgan fingerprint density at radius 1 is 1.35 bits per heavy atom. The third-order valence-electron chi connectivity index (χ3n) is 2.20. The standard InChI is InChI=1S/C13H11BrO2S/c1-2-16-10-5-3-4-9(8-10)13(15)11-6-7-12(14)17-11/h3-8H,2H2,1H3. The minimum absolute atomic E-state index is 0.0299. The van der Waals surface area contributed by atoms with E-state index in [1.807, 2.05) is 31.2 Å². The summed E-state index contributed by atoms with van der Waals surface area (Å²) in [5.74, 6) is 0.760. The Kier molecular flexibility index (Phi) is 3.97. The Labute approximate surface area is 112 Å². The van der Waals surface area contributed by atoms with Crippen LogP contribution in [-0.4, -0.2) is 12.4 Å². The summed E-state index contributed by atoms with van der Waals surface area (Å²) in [6, 6.07) is 11.0. The van der Waals surface area contributed by atoms with Crippen LogP contribution in [0.15, 0.2) is 40.2 Å². The lowest BCUT2D eigenvalue weighted by Crippen LogP contribution is -1.99. The van der Waals surface area contributed by atoms with Crippen molar-refractivity contribution in [3.8, 4) is 5.75 Å². The van der Waals surface area contributed by atoms with Crippen LogP contribution in [0.3, 0.4) is 0 Å². The molecule has 1 aromatic carbocycles. The second-order valence-electron chi connectivity index (χ2n) is 3.39. The lowest BCUT2D eigenvalue weighted by atomic mass is 10.1. The highest BCUT2D eigenvalue weighted by Crippen LogP contribution is 2.25. The highest BCUT2D eigenvalue weighted by molar-refractivity contribution is 9.11. The van der Waals surface area contributed by atoms with Crippen LogP contribution in [0, 0.1) is 0 Å². The van der Waals surface area contributed by atoms with Gasteiger partial charge in [0.25, 0.3) is 0 Å². The topological polar surface area (TPSA) is 26.3 Å². The molecule has 0 spiro atoms. The van der Waals surface area contributed by atoms with E-state index in [4.69, 9.17) is 4.74 Å². The van der Waals surface area contributed by atoms with E-state index in [9.17, 15) is 4.79 Å². The van der Waals surface area contributed by atoms with E-state index >= 15 is 0 Å². The Morgan fingerprint density at radius 2 is 2.18 bits per heavy atom. The highest BCUT2D eigenvalue weighted by atomic mass is 79.9. The largest absolute Gasteiger partial charge is 0.494 e. The van der Waals surface area contributed by atoms with Gasteiger partial charge in [-0.25, -0.2) is 0 Å². The Hall–Kier alpha value is -1.13. The number of hydrogen-bond donors (Lipinski definition) is 0. The lowest BCUT2D eigenvalue weighted by Gasteiger charge is -2.04. The number of ketones is 1. The third-order valence-corrected chi connectivity index (χ3v) is 3.83. The number of benzene rings is 1. The number of thiophene rings is 1. The molecule has 0 N–H and O–H groups in total. The van der Waals surface area contributed by atoms with Gasteiger partial charge in [0, 0.05) is 5.56 Å². The first-order valence-electron chi connectivity index (χ1n) is 5.23. The molecular formula is C13H11BrO2S. The normalized spacial score (nSPS) is 10.2. The summed E-state index contributed by atoms with van der Waals surface area (Å²) >= 11 is 4.79. The van der Waals surface area contributed by atoms with Gasteiger partial charge in [-0.1, -0.05) is 12.1 Å². The molecule has 0 saturated heterocycles. The average molecular weight is 311 g/mol. The van der Waals surface area contributed by atoms with Crippen molar-refractivity contribution in [2.75, 3.05) is 6.61 Å².